The molecular weight excluding hydrogens is 338 g/mol. The number of aromatic nitrogens is 3. The summed E-state index contributed by atoms with van der Waals surface area (Å²) in [5.41, 5.74) is 3.25. The maximum atomic E-state index is 11.8. The molecule has 8 heteroatoms. The molecule has 2 aromatic rings. The van der Waals surface area contributed by atoms with E-state index in [1.807, 2.05) is 30.9 Å². The number of hydrogen-bond acceptors (Lipinski definition) is 7. The second-order valence-corrected chi connectivity index (χ2v) is 8.58. The maximum absolute atomic E-state index is 11.8. The van der Waals surface area contributed by atoms with Gasteiger partial charge in [0.25, 0.3) is 0 Å². The van der Waals surface area contributed by atoms with Gasteiger partial charge >= 0.3 is 0 Å². The van der Waals surface area contributed by atoms with Crippen molar-refractivity contribution < 1.29 is 8.42 Å². The quantitative estimate of drug-likeness (QED) is 0.874. The van der Waals surface area contributed by atoms with E-state index in [0.717, 1.165) is 11.3 Å². The van der Waals surface area contributed by atoms with Crippen molar-refractivity contribution in [3.8, 4) is 0 Å². The van der Waals surface area contributed by atoms with E-state index in [9.17, 15) is 8.42 Å². The van der Waals surface area contributed by atoms with E-state index in [-0.39, 0.29) is 17.5 Å². The summed E-state index contributed by atoms with van der Waals surface area (Å²) < 4.78 is 23.6. The molecule has 0 bridgehead atoms. The van der Waals surface area contributed by atoms with Crippen LogP contribution in [0.15, 0.2) is 24.4 Å². The van der Waals surface area contributed by atoms with Gasteiger partial charge in [-0.05, 0) is 44.4 Å². The Morgan fingerprint density at radius 2 is 2.12 bits per heavy atom. The summed E-state index contributed by atoms with van der Waals surface area (Å²) in [6.45, 7) is 6.75. The highest BCUT2D eigenvalue weighted by Gasteiger charge is 2.32. The standard InChI is InChI=1S/C17H23N5O2S/c1-4-22(14-8-9-25(23,24)11-14)16-10-18-21-17(20-16)19-15-7-5-6-12(2)13(15)3/h5-7,10,14H,4,8-9,11H2,1-3H3,(H,19,20,21). The molecule has 7 nitrogen and oxygen atoms in total. The lowest BCUT2D eigenvalue weighted by Crippen LogP contribution is -2.37. The summed E-state index contributed by atoms with van der Waals surface area (Å²) in [4.78, 5) is 6.54. The van der Waals surface area contributed by atoms with Gasteiger partial charge in [-0.1, -0.05) is 12.1 Å². The van der Waals surface area contributed by atoms with Crippen molar-refractivity contribution in [1.82, 2.24) is 15.2 Å². The van der Waals surface area contributed by atoms with Gasteiger partial charge in [0, 0.05) is 18.3 Å². The van der Waals surface area contributed by atoms with E-state index < -0.39 is 9.84 Å². The van der Waals surface area contributed by atoms with Gasteiger partial charge in [-0.3, -0.25) is 0 Å². The smallest absolute Gasteiger partial charge is 0.249 e. The highest BCUT2D eigenvalue weighted by Crippen LogP contribution is 2.24. The zero-order valence-corrected chi connectivity index (χ0v) is 15.5. The van der Waals surface area contributed by atoms with Crippen LogP contribution >= 0.6 is 0 Å². The van der Waals surface area contributed by atoms with Crippen molar-refractivity contribution in [3.05, 3.63) is 35.5 Å². The fourth-order valence-corrected chi connectivity index (χ4v) is 4.85. The molecule has 0 aliphatic carbocycles. The van der Waals surface area contributed by atoms with Crippen LogP contribution in [-0.4, -0.2) is 47.7 Å². The molecule has 1 saturated heterocycles. The van der Waals surface area contributed by atoms with Gasteiger partial charge in [-0.15, -0.1) is 5.10 Å². The minimum absolute atomic E-state index is 0.0553. The lowest BCUT2D eigenvalue weighted by atomic mass is 10.1. The summed E-state index contributed by atoms with van der Waals surface area (Å²) in [7, 11) is -2.95. The second-order valence-electron chi connectivity index (χ2n) is 6.35. The van der Waals surface area contributed by atoms with Crippen LogP contribution in [-0.2, 0) is 9.84 Å². The monoisotopic (exact) mass is 361 g/mol. The Labute approximate surface area is 148 Å². The maximum Gasteiger partial charge on any atom is 0.249 e. The van der Waals surface area contributed by atoms with Crippen LogP contribution in [0.5, 0.6) is 0 Å². The molecule has 1 unspecified atom stereocenters. The number of aryl methyl sites for hydroxylation is 1. The van der Waals surface area contributed by atoms with Crippen LogP contribution in [0.3, 0.4) is 0 Å². The molecule has 25 heavy (non-hydrogen) atoms. The average molecular weight is 361 g/mol. The van der Waals surface area contributed by atoms with Crippen molar-refractivity contribution in [2.45, 2.75) is 33.2 Å². The molecule has 0 radical (unpaired) electrons. The number of anilines is 3. The predicted octanol–water partition coefficient (Wildman–Crippen LogP) is 2.25. The Kier molecular flexibility index (Phi) is 4.89. The number of hydrogen-bond donors (Lipinski definition) is 1. The van der Waals surface area contributed by atoms with Gasteiger partial charge in [0.2, 0.25) is 5.95 Å². The molecule has 0 spiro atoms. The Hall–Kier alpha value is -2.22. The van der Waals surface area contributed by atoms with Crippen molar-refractivity contribution in [2.24, 2.45) is 0 Å². The van der Waals surface area contributed by atoms with Crippen LogP contribution < -0.4 is 10.2 Å². The zero-order chi connectivity index (χ0) is 18.0. The molecule has 1 aromatic heterocycles. The third-order valence-electron chi connectivity index (χ3n) is 4.68. The molecule has 1 aromatic carbocycles. The Bertz CT molecular complexity index is 869. The van der Waals surface area contributed by atoms with Crippen molar-refractivity contribution in [2.75, 3.05) is 28.3 Å². The molecule has 1 atom stereocenters. The van der Waals surface area contributed by atoms with Crippen LogP contribution in [0, 0.1) is 13.8 Å². The third-order valence-corrected chi connectivity index (χ3v) is 6.43. The fraction of sp³-hybridized carbons (Fsp3) is 0.471. The summed E-state index contributed by atoms with van der Waals surface area (Å²) in [6, 6.07) is 5.94. The van der Waals surface area contributed by atoms with E-state index in [2.05, 4.69) is 33.5 Å². The summed E-state index contributed by atoms with van der Waals surface area (Å²) >= 11 is 0. The minimum atomic E-state index is -2.95. The van der Waals surface area contributed by atoms with Gasteiger partial charge in [-0.2, -0.15) is 10.1 Å². The van der Waals surface area contributed by atoms with Crippen molar-refractivity contribution in [1.29, 1.82) is 0 Å². The molecule has 1 aliphatic rings. The number of nitrogens with one attached hydrogen (secondary N) is 1. The van der Waals surface area contributed by atoms with Gasteiger partial charge < -0.3 is 10.2 Å². The molecule has 0 saturated carbocycles. The van der Waals surface area contributed by atoms with Crippen molar-refractivity contribution in [3.63, 3.8) is 0 Å². The molecule has 0 amide bonds. The van der Waals surface area contributed by atoms with Gasteiger partial charge in [-0.25, -0.2) is 8.42 Å². The van der Waals surface area contributed by atoms with Gasteiger partial charge in [0.05, 0.1) is 17.7 Å². The molecule has 134 valence electrons. The SMILES string of the molecule is CCN(c1cnnc(Nc2cccc(C)c2C)n1)C1CCS(=O)(=O)C1. The lowest BCUT2D eigenvalue weighted by molar-refractivity contribution is 0.599. The van der Waals surface area contributed by atoms with E-state index in [1.54, 1.807) is 6.20 Å². The molecular formula is C17H23N5O2S. The first kappa shape index (κ1) is 17.6. The average Bonchev–Trinajstić information content (AvgIpc) is 2.93. The van der Waals surface area contributed by atoms with Crippen molar-refractivity contribution >= 4 is 27.3 Å². The van der Waals surface area contributed by atoms with E-state index >= 15 is 0 Å². The first-order valence-corrected chi connectivity index (χ1v) is 10.2. The number of rotatable bonds is 5. The van der Waals surface area contributed by atoms with E-state index in [0.29, 0.717) is 24.7 Å². The van der Waals surface area contributed by atoms with Crippen LogP contribution in [0.2, 0.25) is 0 Å². The number of benzene rings is 1. The van der Waals surface area contributed by atoms with E-state index in [1.165, 1.54) is 5.56 Å². The fourth-order valence-electron chi connectivity index (χ4n) is 3.12. The first-order chi connectivity index (χ1) is 11.9. The predicted molar refractivity (Wildman–Crippen MR) is 99.1 cm³/mol. The molecule has 2 heterocycles. The Morgan fingerprint density at radius 1 is 1.32 bits per heavy atom. The molecule has 3 rings (SSSR count). The van der Waals surface area contributed by atoms with Crippen LogP contribution in [0.4, 0.5) is 17.5 Å². The summed E-state index contributed by atoms with van der Waals surface area (Å²) in [5.74, 6) is 1.46. The Morgan fingerprint density at radius 3 is 2.80 bits per heavy atom. The highest BCUT2D eigenvalue weighted by molar-refractivity contribution is 7.91. The summed E-state index contributed by atoms with van der Waals surface area (Å²) in [6.07, 6.45) is 2.21. The second kappa shape index (κ2) is 6.95. The topological polar surface area (TPSA) is 88.1 Å². The lowest BCUT2D eigenvalue weighted by Gasteiger charge is -2.27. The molecule has 1 aliphatic heterocycles. The number of nitrogens with zero attached hydrogens (tertiary/aromatic N) is 4. The van der Waals surface area contributed by atoms with Crippen LogP contribution in [0.1, 0.15) is 24.5 Å². The minimum Gasteiger partial charge on any atom is -0.351 e. The molecule has 1 fully saturated rings. The molecule has 1 N–H and O–H groups in total. The largest absolute Gasteiger partial charge is 0.351 e. The van der Waals surface area contributed by atoms with E-state index in [4.69, 9.17) is 0 Å². The van der Waals surface area contributed by atoms with Crippen LogP contribution in [0.25, 0.3) is 0 Å². The summed E-state index contributed by atoms with van der Waals surface area (Å²) in [5, 5.41) is 11.3. The van der Waals surface area contributed by atoms with Gasteiger partial charge in [0.15, 0.2) is 15.7 Å². The normalized spacial score (nSPS) is 18.9. The first-order valence-electron chi connectivity index (χ1n) is 8.39. The van der Waals surface area contributed by atoms with Gasteiger partial charge in [0.1, 0.15) is 0 Å². The highest BCUT2D eigenvalue weighted by atomic mass is 32.2. The number of sulfone groups is 1. The zero-order valence-electron chi connectivity index (χ0n) is 14.7. The Balaban J connectivity index is 1.84. The third kappa shape index (κ3) is 3.89.